The molecule has 19 heavy (non-hydrogen) atoms. The Kier molecular flexibility index (Phi) is 8.83. The van der Waals surface area contributed by atoms with Crippen molar-refractivity contribution >= 4 is 14.9 Å². The molecule has 0 radical (unpaired) electrons. The Bertz CT molecular complexity index is 206. The fraction of sp³-hybridized carbons (Fsp3) is 1.00. The van der Waals surface area contributed by atoms with Gasteiger partial charge in [0.1, 0.15) is 0 Å². The summed E-state index contributed by atoms with van der Waals surface area (Å²) < 4.78 is 11.6. The molecule has 0 aromatic carbocycles. The molecular weight excluding hydrogens is 251 g/mol. The highest BCUT2D eigenvalue weighted by atomic mass is 27.2. The Hall–Kier alpha value is 0.412. The molecule has 3 nitrogen and oxygen atoms in total. The third-order valence-corrected chi connectivity index (χ3v) is 7.48. The van der Waals surface area contributed by atoms with E-state index in [9.17, 15) is 0 Å². The van der Waals surface area contributed by atoms with Gasteiger partial charge >= 0.3 is 14.9 Å². The van der Waals surface area contributed by atoms with E-state index in [0.29, 0.717) is 24.2 Å². The summed E-state index contributed by atoms with van der Waals surface area (Å²) in [6.45, 7) is 22.5. The predicted molar refractivity (Wildman–Crippen MR) is 86.2 cm³/mol. The quantitative estimate of drug-likeness (QED) is 0.634. The predicted octanol–water partition coefficient (Wildman–Crippen LogP) is 3.63. The second-order valence-electron chi connectivity index (χ2n) is 6.78. The van der Waals surface area contributed by atoms with E-state index < -0.39 is 14.9 Å². The molecule has 0 amide bonds. The summed E-state index contributed by atoms with van der Waals surface area (Å²) in [5, 5.41) is 0. The van der Waals surface area contributed by atoms with Crippen molar-refractivity contribution < 1.29 is 3.79 Å². The molecule has 0 aliphatic rings. The van der Waals surface area contributed by atoms with Crippen LogP contribution in [0.3, 0.4) is 0 Å². The summed E-state index contributed by atoms with van der Waals surface area (Å²) in [4.78, 5) is 0. The molecule has 0 spiro atoms. The van der Waals surface area contributed by atoms with Gasteiger partial charge < -0.3 is 11.6 Å². The lowest BCUT2D eigenvalue weighted by Crippen LogP contribution is -2.63. The molecule has 0 aliphatic carbocycles. The molecule has 0 N–H and O–H groups in total. The molecule has 0 fully saturated rings. The lowest BCUT2D eigenvalue weighted by molar-refractivity contribution is 0.109. The Labute approximate surface area is 126 Å². The fourth-order valence-corrected chi connectivity index (χ4v) is 5.87. The van der Waals surface area contributed by atoms with E-state index >= 15 is 0 Å². The minimum Gasteiger partial charge on any atom is -0.473 e. The maximum absolute atomic E-state index is 6.41. The van der Waals surface area contributed by atoms with E-state index in [2.05, 4.69) is 77.0 Å². The van der Waals surface area contributed by atoms with Crippen molar-refractivity contribution in [1.82, 2.24) is 7.77 Å². The zero-order valence-electron chi connectivity index (χ0n) is 14.8. The monoisotopic (exact) mass is 286 g/mol. The van der Waals surface area contributed by atoms with Crippen LogP contribution in [0.2, 0.25) is 0 Å². The summed E-state index contributed by atoms with van der Waals surface area (Å²) in [6.07, 6.45) is 0.289. The van der Waals surface area contributed by atoms with Crippen LogP contribution in [-0.4, -0.2) is 53.0 Å². The molecule has 0 saturated carbocycles. The van der Waals surface area contributed by atoms with Crippen LogP contribution in [0.25, 0.3) is 0 Å². The Balaban J connectivity index is 5.36. The van der Waals surface area contributed by atoms with Gasteiger partial charge in [-0.05, 0) is 38.0 Å². The van der Waals surface area contributed by atoms with Gasteiger partial charge in [-0.2, -0.15) is 0 Å². The molecule has 4 heteroatoms. The highest BCUT2D eigenvalue weighted by Gasteiger charge is 2.44. The molecule has 0 atom stereocenters. The van der Waals surface area contributed by atoms with Crippen molar-refractivity contribution in [2.45, 2.75) is 99.5 Å². The minimum absolute atomic E-state index is 0.289. The Morgan fingerprint density at radius 3 is 1.00 bits per heavy atom. The molecule has 114 valence electrons. The van der Waals surface area contributed by atoms with Gasteiger partial charge in [-0.3, -0.25) is 0 Å². The second kappa shape index (κ2) is 8.64. The van der Waals surface area contributed by atoms with Gasteiger partial charge in [0, 0.05) is 6.10 Å². The van der Waals surface area contributed by atoms with Crippen LogP contribution in [0, 0.1) is 0 Å². The molecular formula is C15H35AlN2O. The van der Waals surface area contributed by atoms with Crippen molar-refractivity contribution in [2.24, 2.45) is 0 Å². The highest BCUT2D eigenvalue weighted by molar-refractivity contribution is 6.45. The van der Waals surface area contributed by atoms with Crippen LogP contribution in [0.5, 0.6) is 0 Å². The van der Waals surface area contributed by atoms with Gasteiger partial charge in [0.05, 0.1) is 0 Å². The second-order valence-corrected chi connectivity index (χ2v) is 8.90. The largest absolute Gasteiger partial charge is 0.705 e. The third kappa shape index (κ3) is 6.14. The van der Waals surface area contributed by atoms with E-state index in [4.69, 9.17) is 3.79 Å². The van der Waals surface area contributed by atoms with Crippen LogP contribution in [0.1, 0.15) is 69.2 Å². The van der Waals surface area contributed by atoms with Crippen LogP contribution < -0.4 is 0 Å². The zero-order chi connectivity index (χ0) is 15.3. The van der Waals surface area contributed by atoms with Crippen LogP contribution in [0.15, 0.2) is 0 Å². The molecule has 0 rings (SSSR count). The van der Waals surface area contributed by atoms with Crippen molar-refractivity contribution in [3.05, 3.63) is 0 Å². The molecule has 0 heterocycles. The molecule has 0 aromatic rings. The van der Waals surface area contributed by atoms with Gasteiger partial charge in [-0.1, -0.05) is 55.4 Å². The number of rotatable bonds is 8. The lowest BCUT2D eigenvalue weighted by atomic mass is 10.3. The topological polar surface area (TPSA) is 15.7 Å². The van der Waals surface area contributed by atoms with Gasteiger partial charge in [-0.15, -0.1) is 0 Å². The fourth-order valence-electron chi connectivity index (χ4n) is 2.75. The first-order valence-corrected chi connectivity index (χ1v) is 9.30. The molecule has 0 bridgehead atoms. The Morgan fingerprint density at radius 1 is 0.579 bits per heavy atom. The van der Waals surface area contributed by atoms with Crippen LogP contribution >= 0.6 is 0 Å². The van der Waals surface area contributed by atoms with E-state index in [1.54, 1.807) is 0 Å². The summed E-state index contributed by atoms with van der Waals surface area (Å²) in [7, 11) is 0. The number of nitrogens with zero attached hydrogens (tertiary/aromatic N) is 2. The molecule has 0 unspecified atom stereocenters. The van der Waals surface area contributed by atoms with Crippen molar-refractivity contribution in [3.8, 4) is 0 Å². The van der Waals surface area contributed by atoms with Gasteiger partial charge in [0.15, 0.2) is 0 Å². The smallest absolute Gasteiger partial charge is 0.473 e. The molecule has 0 aliphatic heterocycles. The Morgan fingerprint density at radius 2 is 0.842 bits per heavy atom. The zero-order valence-corrected chi connectivity index (χ0v) is 15.9. The van der Waals surface area contributed by atoms with Crippen LogP contribution in [0.4, 0.5) is 0 Å². The standard InChI is InChI=1S/2C6H14N.C3H7O.Al/c2*1-5(2)7-6(3)4;1-3(2)4;/h2*5-6H,1-4H3;3H,1-2H3;/q3*-1;+3. The highest BCUT2D eigenvalue weighted by Crippen LogP contribution is 2.18. The van der Waals surface area contributed by atoms with Crippen molar-refractivity contribution in [3.63, 3.8) is 0 Å². The van der Waals surface area contributed by atoms with E-state index in [1.165, 1.54) is 0 Å². The minimum atomic E-state index is -1.59. The SMILES string of the molecule is CC(C)[O][Al]([N](C(C)C)C(C)C)[N](C(C)C)C(C)C. The first kappa shape index (κ1) is 19.4. The average Bonchev–Trinajstić information content (AvgIpc) is 2.12. The van der Waals surface area contributed by atoms with Gasteiger partial charge in [-0.25, -0.2) is 0 Å². The third-order valence-electron chi connectivity index (χ3n) is 3.29. The summed E-state index contributed by atoms with van der Waals surface area (Å²) in [5.41, 5.74) is 0. The first-order chi connectivity index (χ1) is 8.59. The maximum atomic E-state index is 6.41. The average molecular weight is 286 g/mol. The normalized spacial score (nSPS) is 13.1. The number of hydrogen-bond donors (Lipinski definition) is 0. The van der Waals surface area contributed by atoms with E-state index in [0.717, 1.165) is 0 Å². The van der Waals surface area contributed by atoms with E-state index in [1.807, 2.05) is 0 Å². The summed E-state index contributed by atoms with van der Waals surface area (Å²) in [6, 6.07) is 2.09. The maximum Gasteiger partial charge on any atom is 0.705 e. The summed E-state index contributed by atoms with van der Waals surface area (Å²) in [5.74, 6) is 0. The van der Waals surface area contributed by atoms with Crippen LogP contribution in [-0.2, 0) is 3.79 Å². The number of hydrogen-bond acceptors (Lipinski definition) is 3. The van der Waals surface area contributed by atoms with Gasteiger partial charge in [0.2, 0.25) is 0 Å². The van der Waals surface area contributed by atoms with Gasteiger partial charge in [0.25, 0.3) is 0 Å². The van der Waals surface area contributed by atoms with E-state index in [-0.39, 0.29) is 6.10 Å². The van der Waals surface area contributed by atoms with Crippen molar-refractivity contribution in [1.29, 1.82) is 0 Å². The first-order valence-electron chi connectivity index (χ1n) is 7.79. The van der Waals surface area contributed by atoms with Crippen molar-refractivity contribution in [2.75, 3.05) is 0 Å². The summed E-state index contributed by atoms with van der Waals surface area (Å²) >= 11 is -1.59. The molecule has 0 saturated heterocycles. The molecule has 0 aromatic heterocycles. The lowest BCUT2D eigenvalue weighted by Gasteiger charge is -2.43.